The van der Waals surface area contributed by atoms with Gasteiger partial charge in [0, 0.05) is 17.5 Å². The third-order valence-electron chi connectivity index (χ3n) is 3.60. The van der Waals surface area contributed by atoms with E-state index >= 15 is 0 Å². The van der Waals surface area contributed by atoms with Gasteiger partial charge in [0.1, 0.15) is 0 Å². The van der Waals surface area contributed by atoms with Crippen LogP contribution in [0, 0.1) is 11.6 Å². The van der Waals surface area contributed by atoms with Crippen LogP contribution >= 0.6 is 0 Å². The summed E-state index contributed by atoms with van der Waals surface area (Å²) < 4.78 is 42.8. The van der Waals surface area contributed by atoms with Crippen LogP contribution in [0.3, 0.4) is 0 Å². The minimum atomic E-state index is -1.37. The molecule has 0 radical (unpaired) electrons. The van der Waals surface area contributed by atoms with E-state index in [1.54, 1.807) is 25.1 Å². The summed E-state index contributed by atoms with van der Waals surface area (Å²) in [5, 5.41) is 4.51. The molecule has 2 aromatic carbocycles. The van der Waals surface area contributed by atoms with Crippen LogP contribution < -0.4 is 10.6 Å². The van der Waals surface area contributed by atoms with E-state index in [-0.39, 0.29) is 11.3 Å². The van der Waals surface area contributed by atoms with Crippen LogP contribution in [0.25, 0.3) is 0 Å². The van der Waals surface area contributed by atoms with E-state index in [1.165, 1.54) is 6.07 Å². The van der Waals surface area contributed by atoms with E-state index in [4.69, 9.17) is 4.74 Å². The summed E-state index contributed by atoms with van der Waals surface area (Å²) in [5.41, 5.74) is 0.117. The highest BCUT2D eigenvalue weighted by Crippen LogP contribution is 2.15. The molecular weight excluding hydrogens is 406 g/mol. The Labute approximate surface area is 167 Å². The normalized spacial score (nSPS) is 11.4. The monoisotopic (exact) mass is 424 g/mol. The summed E-state index contributed by atoms with van der Waals surface area (Å²) in [6.45, 7) is 0.591. The molecule has 1 atom stereocenters. The zero-order valence-electron chi connectivity index (χ0n) is 15.4. The number of hydrogen-bond donors (Lipinski definition) is 2. The number of hydrogen-bond acceptors (Lipinski definition) is 5. The van der Waals surface area contributed by atoms with Crippen LogP contribution in [-0.4, -0.2) is 40.9 Å². The SMILES string of the molecule is CCS(=O)c1ccccc1C(=O)OCC(=O)NCC(=O)Nc1ccc(F)c(F)c1. The van der Waals surface area contributed by atoms with Gasteiger partial charge in [-0.2, -0.15) is 0 Å². The summed E-state index contributed by atoms with van der Waals surface area (Å²) in [4.78, 5) is 36.0. The molecule has 154 valence electrons. The zero-order valence-corrected chi connectivity index (χ0v) is 16.2. The van der Waals surface area contributed by atoms with Crippen LogP contribution in [0.5, 0.6) is 0 Å². The number of rotatable bonds is 8. The number of nitrogens with one attached hydrogen (secondary N) is 2. The molecular formula is C19H18F2N2O5S. The minimum absolute atomic E-state index is 0.0232. The summed E-state index contributed by atoms with van der Waals surface area (Å²) in [6, 6.07) is 9.02. The number of amides is 2. The van der Waals surface area contributed by atoms with Crippen LogP contribution in [0.2, 0.25) is 0 Å². The van der Waals surface area contributed by atoms with Gasteiger partial charge in [0.25, 0.3) is 5.91 Å². The number of anilines is 1. The Hall–Kier alpha value is -3.14. The van der Waals surface area contributed by atoms with E-state index in [2.05, 4.69) is 10.6 Å². The Morgan fingerprint density at radius 3 is 2.45 bits per heavy atom. The molecule has 1 unspecified atom stereocenters. The van der Waals surface area contributed by atoms with Crippen LogP contribution in [0.4, 0.5) is 14.5 Å². The molecule has 0 heterocycles. The van der Waals surface area contributed by atoms with Gasteiger partial charge in [-0.1, -0.05) is 19.1 Å². The highest BCUT2D eigenvalue weighted by Gasteiger charge is 2.17. The smallest absolute Gasteiger partial charge is 0.339 e. The van der Waals surface area contributed by atoms with Gasteiger partial charge < -0.3 is 15.4 Å². The first-order chi connectivity index (χ1) is 13.8. The van der Waals surface area contributed by atoms with E-state index in [9.17, 15) is 27.4 Å². The van der Waals surface area contributed by atoms with Crippen molar-refractivity contribution in [2.75, 3.05) is 24.2 Å². The number of carbonyl (C=O) groups excluding carboxylic acids is 3. The minimum Gasteiger partial charge on any atom is -0.452 e. The molecule has 0 aliphatic rings. The Kier molecular flexibility index (Phi) is 7.96. The number of ether oxygens (including phenoxy) is 1. The van der Waals surface area contributed by atoms with Gasteiger partial charge in [0.05, 0.1) is 27.8 Å². The fraction of sp³-hybridized carbons (Fsp3) is 0.211. The first-order valence-corrected chi connectivity index (χ1v) is 9.79. The lowest BCUT2D eigenvalue weighted by molar-refractivity contribution is -0.126. The molecule has 10 heteroatoms. The fourth-order valence-electron chi connectivity index (χ4n) is 2.21. The lowest BCUT2D eigenvalue weighted by Gasteiger charge is -2.09. The lowest BCUT2D eigenvalue weighted by atomic mass is 10.2. The van der Waals surface area contributed by atoms with Gasteiger partial charge >= 0.3 is 5.97 Å². The van der Waals surface area contributed by atoms with Crippen LogP contribution in [-0.2, 0) is 25.1 Å². The molecule has 0 aliphatic carbocycles. The van der Waals surface area contributed by atoms with Gasteiger partial charge in [-0.3, -0.25) is 13.8 Å². The summed E-state index contributed by atoms with van der Waals surface area (Å²) >= 11 is 0. The Balaban J connectivity index is 1.82. The van der Waals surface area contributed by atoms with E-state index < -0.39 is 53.4 Å². The maximum atomic E-state index is 13.1. The van der Waals surface area contributed by atoms with Gasteiger partial charge in [0.15, 0.2) is 18.2 Å². The van der Waals surface area contributed by atoms with Crippen molar-refractivity contribution in [2.45, 2.75) is 11.8 Å². The predicted octanol–water partition coefficient (Wildman–Crippen LogP) is 2.00. The molecule has 0 saturated carbocycles. The molecule has 0 aromatic heterocycles. The molecule has 0 aliphatic heterocycles. The average Bonchev–Trinajstić information content (AvgIpc) is 2.72. The van der Waals surface area contributed by atoms with Gasteiger partial charge in [-0.15, -0.1) is 0 Å². The topological polar surface area (TPSA) is 102 Å². The van der Waals surface area contributed by atoms with Crippen molar-refractivity contribution >= 4 is 34.3 Å². The second-order valence-corrected chi connectivity index (χ2v) is 7.37. The fourth-order valence-corrected chi connectivity index (χ4v) is 3.15. The molecule has 0 saturated heterocycles. The number of carbonyl (C=O) groups is 3. The molecule has 0 bridgehead atoms. The maximum Gasteiger partial charge on any atom is 0.339 e. The Bertz CT molecular complexity index is 952. The van der Waals surface area contributed by atoms with Crippen molar-refractivity contribution in [1.29, 1.82) is 0 Å². The standard InChI is InChI=1S/C19H18F2N2O5S/c1-2-29(27)16-6-4-3-5-13(16)19(26)28-11-18(25)22-10-17(24)23-12-7-8-14(20)15(21)9-12/h3-9H,2,10-11H2,1H3,(H,22,25)(H,23,24). The predicted molar refractivity (Wildman–Crippen MR) is 102 cm³/mol. The highest BCUT2D eigenvalue weighted by atomic mass is 32.2. The molecule has 2 amide bonds. The van der Waals surface area contributed by atoms with E-state index in [0.29, 0.717) is 10.6 Å². The highest BCUT2D eigenvalue weighted by molar-refractivity contribution is 7.85. The number of esters is 1. The second kappa shape index (κ2) is 10.4. The van der Waals surface area contributed by atoms with Crippen LogP contribution in [0.1, 0.15) is 17.3 Å². The average molecular weight is 424 g/mol. The van der Waals surface area contributed by atoms with Crippen molar-refractivity contribution < 1.29 is 32.1 Å². The van der Waals surface area contributed by atoms with Gasteiger partial charge in [-0.25, -0.2) is 13.6 Å². The largest absolute Gasteiger partial charge is 0.452 e. The third-order valence-corrected chi connectivity index (χ3v) is 4.97. The molecule has 2 rings (SSSR count). The van der Waals surface area contributed by atoms with Gasteiger partial charge in [-0.05, 0) is 24.3 Å². The quantitative estimate of drug-likeness (QED) is 0.632. The number of benzene rings is 2. The molecule has 0 spiro atoms. The van der Waals surface area contributed by atoms with Gasteiger partial charge in [0.2, 0.25) is 5.91 Å². The first-order valence-electron chi connectivity index (χ1n) is 8.48. The maximum absolute atomic E-state index is 13.1. The van der Waals surface area contributed by atoms with Crippen LogP contribution in [0.15, 0.2) is 47.4 Å². The van der Waals surface area contributed by atoms with E-state index in [0.717, 1.165) is 18.2 Å². The van der Waals surface area contributed by atoms with Crippen molar-refractivity contribution in [3.8, 4) is 0 Å². The Morgan fingerprint density at radius 2 is 1.76 bits per heavy atom. The van der Waals surface area contributed by atoms with Crippen molar-refractivity contribution in [1.82, 2.24) is 5.32 Å². The Morgan fingerprint density at radius 1 is 1.03 bits per heavy atom. The summed E-state index contributed by atoms with van der Waals surface area (Å²) in [5.74, 6) is -4.10. The zero-order chi connectivity index (χ0) is 21.4. The third kappa shape index (κ3) is 6.46. The molecule has 2 aromatic rings. The molecule has 0 fully saturated rings. The molecule has 2 N–H and O–H groups in total. The van der Waals surface area contributed by atoms with Crippen molar-refractivity contribution in [2.24, 2.45) is 0 Å². The first kappa shape index (κ1) is 22.2. The summed E-state index contributed by atoms with van der Waals surface area (Å²) in [6.07, 6.45) is 0. The van der Waals surface area contributed by atoms with Crippen molar-refractivity contribution in [3.63, 3.8) is 0 Å². The van der Waals surface area contributed by atoms with E-state index in [1.807, 2.05) is 0 Å². The lowest BCUT2D eigenvalue weighted by Crippen LogP contribution is -2.35. The summed E-state index contributed by atoms with van der Waals surface area (Å²) in [7, 11) is -1.37. The molecule has 7 nitrogen and oxygen atoms in total. The second-order valence-electron chi connectivity index (χ2n) is 5.66. The van der Waals surface area contributed by atoms with Crippen molar-refractivity contribution in [3.05, 3.63) is 59.7 Å². The molecule has 29 heavy (non-hydrogen) atoms. The number of halogens is 2.